The van der Waals surface area contributed by atoms with Gasteiger partial charge in [-0.15, -0.1) is 6.58 Å². The third kappa shape index (κ3) is 43.2. The molecule has 804 valence electrons. The summed E-state index contributed by atoms with van der Waals surface area (Å²) in [5.74, 6) is 4.04. The van der Waals surface area contributed by atoms with Crippen LogP contribution in [-0.2, 0) is 167 Å². The predicted octanol–water partition coefficient (Wildman–Crippen LogP) is 4.80. The van der Waals surface area contributed by atoms with E-state index < -0.39 is 44.6 Å². The van der Waals surface area contributed by atoms with Crippen molar-refractivity contribution in [2.24, 2.45) is 17.4 Å². The van der Waals surface area contributed by atoms with Crippen molar-refractivity contribution in [1.82, 2.24) is 25.8 Å². The molecular formula is C100H128AlBrLiN16O29Pd-. The van der Waals surface area contributed by atoms with Crippen LogP contribution in [0.4, 0.5) is 45.5 Å². The van der Waals surface area contributed by atoms with Crippen molar-refractivity contribution in [2.45, 2.75) is 140 Å². The number of aliphatic hydroxyl groups is 1. The van der Waals surface area contributed by atoms with Gasteiger partial charge in [0.25, 0.3) is 22.7 Å². The molecule has 6 saturated heterocycles. The van der Waals surface area contributed by atoms with Crippen LogP contribution in [0.5, 0.6) is 0 Å². The Morgan fingerprint density at radius 1 is 0.530 bits per heavy atom. The number of hydrazine groups is 1. The van der Waals surface area contributed by atoms with Gasteiger partial charge in [0.05, 0.1) is 198 Å². The van der Waals surface area contributed by atoms with Gasteiger partial charge < -0.3 is 93.2 Å². The third-order valence-electron chi connectivity index (χ3n) is 22.1. The Hall–Kier alpha value is -12.4. The fourth-order valence-corrected chi connectivity index (χ4v) is 15.4. The van der Waals surface area contributed by atoms with Gasteiger partial charge in [-0.25, -0.2) is 9.59 Å². The Bertz CT molecular complexity index is 5620. The molecule has 149 heavy (non-hydrogen) atoms. The van der Waals surface area contributed by atoms with Gasteiger partial charge in [-0.05, 0) is 56.3 Å². The number of piperazine rings is 2. The van der Waals surface area contributed by atoms with Gasteiger partial charge in [-0.1, -0.05) is 149 Å². The number of anilines is 4. The second kappa shape index (κ2) is 70.5. The summed E-state index contributed by atoms with van der Waals surface area (Å²) in [4.78, 5) is 158. The molecule has 0 aliphatic carbocycles. The van der Waals surface area contributed by atoms with Gasteiger partial charge in [0, 0.05) is 166 Å². The van der Waals surface area contributed by atoms with E-state index in [1.807, 2.05) is 60.7 Å². The number of nitro benzene ring substituents is 4. The first-order valence-corrected chi connectivity index (χ1v) is 47.5. The molecule has 12 N–H and O–H groups in total. The van der Waals surface area contributed by atoms with Gasteiger partial charge in [-0.2, -0.15) is 0 Å². The molecule has 0 radical (unpaired) electrons. The van der Waals surface area contributed by atoms with Crippen LogP contribution in [0.15, 0.2) is 207 Å². The Morgan fingerprint density at radius 2 is 0.926 bits per heavy atom. The van der Waals surface area contributed by atoms with E-state index in [-0.39, 0.29) is 212 Å². The number of fused-ring (bicyclic) bond motifs is 8. The summed E-state index contributed by atoms with van der Waals surface area (Å²) in [7, 11) is 0. The molecule has 0 spiro atoms. The Labute approximate surface area is 907 Å². The number of nitro groups is 4. The number of alkyl halides is 1. The number of nitrogens with one attached hydrogen (secondary N) is 5. The Kier molecular flexibility index (Phi) is 61.0. The molecule has 0 bridgehead atoms. The first-order valence-electron chi connectivity index (χ1n) is 46.3. The van der Waals surface area contributed by atoms with E-state index in [2.05, 4.69) is 112 Å². The normalized spacial score (nSPS) is 17.5. The third-order valence-corrected chi connectivity index (χ3v) is 22.7. The van der Waals surface area contributed by atoms with Gasteiger partial charge in [0.1, 0.15) is 6.10 Å². The number of imide groups is 3. The summed E-state index contributed by atoms with van der Waals surface area (Å²) in [6, 6.07) is 58.7. The molecule has 8 amide bonds. The number of carbonyl (C=O) groups excluding carboxylic acids is 10. The first kappa shape index (κ1) is 129. The van der Waals surface area contributed by atoms with E-state index >= 15 is 0 Å². The van der Waals surface area contributed by atoms with Crippen molar-refractivity contribution < 1.29 is 161 Å². The number of β-amino-alcohol motifs (C(OH)–C–C–N with tert-alkyl or cyclic N) is 1. The number of benzene rings is 8. The molecule has 8 aromatic rings. The number of halogens is 1. The smallest absolute Gasteiger partial charge is 1.00 e. The number of nitrogens with zero attached hydrogens (tertiary/aromatic N) is 8. The zero-order valence-electron chi connectivity index (χ0n) is 83.5. The Balaban J connectivity index is 0.000000430. The van der Waals surface area contributed by atoms with Crippen LogP contribution in [0, 0.1) is 47.9 Å². The van der Waals surface area contributed by atoms with Crippen LogP contribution >= 0.6 is 15.9 Å². The molecule has 10 heterocycles. The van der Waals surface area contributed by atoms with Crippen molar-refractivity contribution >= 4 is 138 Å². The number of amides is 8. The largest absolute Gasteiger partial charge is 1.00 e. The van der Waals surface area contributed by atoms with E-state index in [9.17, 15) is 93.5 Å². The molecule has 10 aliphatic rings. The average Bonchev–Trinajstić information content (AvgIpc) is 1.57. The summed E-state index contributed by atoms with van der Waals surface area (Å²) in [5.41, 5.74) is 17.1. The SMILES string of the molecule is C=CCOCc1ccccc1[N+](=O)[O-].CCOC(=O)C(=O)OCC.NCC1COCc2ccccc2N1.NN.O=C1CCC(=O)N1.O=C1CCC(=O)N1CC(O)COCc1ccccc1[N+](=O)[O-].O=C1CCC(=O)N1CC1COCc2ccccc2N1.O=C1NCC2COCc3ccccc3N2C1=O.O=[N+]([O-])c1ccccc1CBr.O=[N+]([O-])c1ccccc1COCC1CO1.[AlH3].[CH3-].[H-].[Li+].[Pd].c1ccc2c(c1)COCC1CNCCN21. The standard InChI is InChI=1S/C14H16N2O6.C14H16N2O3.C12H12N2O3.C12H16N2O.C10H14N2O.C10H11NO4.C10H11NO3.C7H6BrNO2.C6H10O4.C4H5NO2.CH3.Al.Li.H4N2.Pd.4H/c17-11(7-15-13(18)5-6-14(15)19)9-22-8-10-3-1-2-4-12(10)16(20)21;17-13-5-6-14(18)16(13)7-11-9-19-8-10-3-1-2-4-12(10)15-11;15-11-12(16)14-9(5-13-11)7-17-6-8-3-1-2-4-10(8)14;1-2-4-12-10(3-1)8-15-9-11-7-13-5-6-14(11)12;11-5-9-7-13-6-8-3-1-2-4-10(8)12-9;12-11(13)10-4-2-1-3-8(10)5-14-6-9-7-15-9;1-2-7-14-8-9-5-3-4-6-10(9)11(12)13;8-5-6-3-1-2-4-7(6)9(10)11;1-3-9-5(7)6(8)10-4-2;6-3-1-2-4(7)5-3;;;;1-2;;;;;/h1-4,11,17H,5-9H2;1-4,11,15H,5-9H2;1-4,9H,5-7H2,(H,13,15);1-4,11,13H,5-9H2;1-4,9,12H,5-7,11H2;1-4,9H,5-7H2;2-6H,1,7-8H2;1-4H,5H2;3-4H2,1-2H3;1-2H2,(H,5,6,7);1H3;;;1-2H2;;;;;/q;;;;;;;;;;-1;;+1;;;;;;-1. The molecule has 8 aromatic carbocycles. The van der Waals surface area contributed by atoms with E-state index in [1.165, 1.54) is 46.0 Å². The van der Waals surface area contributed by atoms with Crippen LogP contribution in [0.2, 0.25) is 0 Å². The zero-order valence-corrected chi connectivity index (χ0v) is 85.7. The molecular weight excluding hydrogens is 2110 g/mol. The van der Waals surface area contributed by atoms with Gasteiger partial charge >= 0.3 is 42.6 Å². The molecule has 45 nitrogen and oxygen atoms in total. The maximum Gasteiger partial charge on any atom is 1.00 e. The molecule has 49 heteroatoms. The molecule has 0 aromatic heterocycles. The minimum absolute atomic E-state index is 0. The number of hydrogen-bond acceptors (Lipinski definition) is 36. The minimum atomic E-state index is -1.02. The monoisotopic (exact) mass is 2240 g/mol. The maximum absolute atomic E-state index is 11.9. The van der Waals surface area contributed by atoms with Gasteiger partial charge in [-0.3, -0.25) is 111 Å². The summed E-state index contributed by atoms with van der Waals surface area (Å²) in [6.07, 6.45) is 2.53. The number of rotatable bonds is 24. The predicted molar refractivity (Wildman–Crippen MR) is 550 cm³/mol. The second-order valence-electron chi connectivity index (χ2n) is 32.5. The number of esters is 2. The number of ether oxygens (including phenoxy) is 10. The number of para-hydroxylation sites is 8. The van der Waals surface area contributed by atoms with Crippen molar-refractivity contribution in [3.8, 4) is 0 Å². The number of nitrogens with two attached hydrogens (primary N) is 3. The molecule has 18 rings (SSSR count). The van der Waals surface area contributed by atoms with Crippen molar-refractivity contribution in [1.29, 1.82) is 0 Å². The van der Waals surface area contributed by atoms with Gasteiger partial charge in [0.2, 0.25) is 35.4 Å². The topological polar surface area (TPSA) is 610 Å². The van der Waals surface area contributed by atoms with E-state index in [1.54, 1.807) is 97.6 Å². The van der Waals surface area contributed by atoms with Crippen LogP contribution < -0.4 is 72.7 Å². The summed E-state index contributed by atoms with van der Waals surface area (Å²) < 4.78 is 51.7. The molecule has 6 atom stereocenters. The first-order chi connectivity index (χ1) is 70.1. The van der Waals surface area contributed by atoms with Crippen LogP contribution in [-0.4, -0.2) is 259 Å². The second-order valence-corrected chi connectivity index (χ2v) is 33.0. The fraction of sp³-hybridized carbons (Fsp3) is 0.390. The van der Waals surface area contributed by atoms with Crippen molar-refractivity contribution in [2.75, 3.05) is 132 Å². The molecule has 10 aliphatic heterocycles. The van der Waals surface area contributed by atoms with E-state index in [0.717, 1.165) is 72.5 Å². The number of epoxide rings is 1. The van der Waals surface area contributed by atoms with Crippen molar-refractivity contribution in [3.05, 3.63) is 299 Å². The Morgan fingerprint density at radius 3 is 1.38 bits per heavy atom. The van der Waals surface area contributed by atoms with E-state index in [4.69, 9.17) is 43.6 Å². The number of likely N-dealkylation sites (tertiary alicyclic amines) is 2. The van der Waals surface area contributed by atoms with Crippen LogP contribution in [0.25, 0.3) is 0 Å². The molecule has 6 fully saturated rings. The number of hydrogen-bond donors (Lipinski definition) is 9. The van der Waals surface area contributed by atoms with E-state index in [0.29, 0.717) is 132 Å². The maximum atomic E-state index is 11.9. The molecule has 6 unspecified atom stereocenters. The quantitative estimate of drug-likeness (QED) is 0.00319. The van der Waals surface area contributed by atoms with Crippen LogP contribution in [0.3, 0.4) is 0 Å². The fourth-order valence-electron chi connectivity index (χ4n) is 14.9. The molecule has 0 saturated carbocycles. The summed E-state index contributed by atoms with van der Waals surface area (Å²) in [6.45, 7) is 18.5. The number of carbonyl (C=O) groups is 10. The van der Waals surface area contributed by atoms with Crippen molar-refractivity contribution in [3.63, 3.8) is 0 Å². The summed E-state index contributed by atoms with van der Waals surface area (Å²) in [5, 5.41) is 67.6. The number of aliphatic hydroxyl groups excluding tert-OH is 1. The summed E-state index contributed by atoms with van der Waals surface area (Å²) >= 11 is 3.17. The van der Waals surface area contributed by atoms with Crippen LogP contribution in [0.1, 0.15) is 98.3 Å². The van der Waals surface area contributed by atoms with Gasteiger partial charge in [0.15, 0.2) is 17.4 Å². The average molecular weight is 2240 g/mol. The minimum Gasteiger partial charge on any atom is -1.00 e. The zero-order chi connectivity index (χ0) is 105.